The number of hydrogen-bond acceptors (Lipinski definition) is 6. The standard InChI is InChI=1S/C16H14N2O4/c1-11(19)21-15-9-5-3-7-13(15)17-18-14-8-4-6-10-16(14)22-12(2)20/h3-10H,1-2H3. The van der Waals surface area contributed by atoms with Crippen LogP contribution < -0.4 is 9.47 Å². The van der Waals surface area contributed by atoms with Gasteiger partial charge < -0.3 is 9.47 Å². The van der Waals surface area contributed by atoms with E-state index in [4.69, 9.17) is 9.47 Å². The molecule has 0 atom stereocenters. The maximum Gasteiger partial charge on any atom is 0.308 e. The van der Waals surface area contributed by atoms with E-state index in [-0.39, 0.29) is 0 Å². The molecular formula is C16H14N2O4. The highest BCUT2D eigenvalue weighted by atomic mass is 16.5. The Morgan fingerprint density at radius 2 is 1.09 bits per heavy atom. The molecule has 0 aliphatic rings. The molecule has 0 saturated carbocycles. The summed E-state index contributed by atoms with van der Waals surface area (Å²) in [6.07, 6.45) is 0. The van der Waals surface area contributed by atoms with Gasteiger partial charge >= 0.3 is 11.9 Å². The van der Waals surface area contributed by atoms with Crippen molar-refractivity contribution in [3.63, 3.8) is 0 Å². The number of hydrogen-bond donors (Lipinski definition) is 0. The first-order valence-corrected chi connectivity index (χ1v) is 6.53. The maximum atomic E-state index is 11.1. The van der Waals surface area contributed by atoms with Crippen molar-refractivity contribution in [2.24, 2.45) is 10.2 Å². The predicted molar refractivity (Wildman–Crippen MR) is 79.7 cm³/mol. The lowest BCUT2D eigenvalue weighted by Crippen LogP contribution is -2.01. The average Bonchev–Trinajstić information content (AvgIpc) is 2.46. The second-order valence-corrected chi connectivity index (χ2v) is 4.32. The van der Waals surface area contributed by atoms with Gasteiger partial charge in [0, 0.05) is 13.8 Å². The van der Waals surface area contributed by atoms with E-state index in [1.54, 1.807) is 48.5 Å². The number of rotatable bonds is 4. The number of azo groups is 1. The number of ether oxygens (including phenoxy) is 2. The fraction of sp³-hybridized carbons (Fsp3) is 0.125. The van der Waals surface area contributed by atoms with E-state index in [1.165, 1.54) is 13.8 Å². The van der Waals surface area contributed by atoms with Gasteiger partial charge in [-0.2, -0.15) is 0 Å². The summed E-state index contributed by atoms with van der Waals surface area (Å²) in [5, 5.41) is 8.11. The van der Waals surface area contributed by atoms with Gasteiger partial charge in [-0.05, 0) is 24.3 Å². The van der Waals surface area contributed by atoms with E-state index >= 15 is 0 Å². The highest BCUT2D eigenvalue weighted by Crippen LogP contribution is 2.32. The van der Waals surface area contributed by atoms with Crippen LogP contribution >= 0.6 is 0 Å². The Kier molecular flexibility index (Phi) is 4.98. The van der Waals surface area contributed by atoms with Crippen molar-refractivity contribution in [1.82, 2.24) is 0 Å². The maximum absolute atomic E-state index is 11.1. The van der Waals surface area contributed by atoms with Gasteiger partial charge in [-0.15, -0.1) is 10.2 Å². The van der Waals surface area contributed by atoms with Crippen molar-refractivity contribution in [3.8, 4) is 11.5 Å². The largest absolute Gasteiger partial charge is 0.424 e. The van der Waals surface area contributed by atoms with E-state index in [1.807, 2.05) is 0 Å². The third-order valence-electron chi connectivity index (χ3n) is 2.50. The van der Waals surface area contributed by atoms with Crippen LogP contribution in [0.15, 0.2) is 58.8 Å². The molecule has 112 valence electrons. The molecule has 2 aromatic carbocycles. The number of para-hydroxylation sites is 2. The zero-order chi connectivity index (χ0) is 15.9. The summed E-state index contributed by atoms with van der Waals surface area (Å²) in [5.74, 6) is -0.265. The zero-order valence-electron chi connectivity index (χ0n) is 12.1. The Hall–Kier alpha value is -3.02. The van der Waals surface area contributed by atoms with Crippen molar-refractivity contribution in [1.29, 1.82) is 0 Å². The van der Waals surface area contributed by atoms with Crippen LogP contribution in [0.25, 0.3) is 0 Å². The van der Waals surface area contributed by atoms with Crippen molar-refractivity contribution in [2.75, 3.05) is 0 Å². The highest BCUT2D eigenvalue weighted by Gasteiger charge is 2.07. The van der Waals surface area contributed by atoms with Gasteiger partial charge in [0.2, 0.25) is 0 Å². The molecule has 0 fully saturated rings. The third kappa shape index (κ3) is 4.24. The van der Waals surface area contributed by atoms with Gasteiger partial charge in [0.25, 0.3) is 0 Å². The lowest BCUT2D eigenvalue weighted by atomic mass is 10.3. The fourth-order valence-corrected chi connectivity index (χ4v) is 1.67. The summed E-state index contributed by atoms with van der Waals surface area (Å²) in [7, 11) is 0. The van der Waals surface area contributed by atoms with Crippen molar-refractivity contribution >= 4 is 23.3 Å². The minimum absolute atomic E-state index is 0.309. The first-order valence-electron chi connectivity index (χ1n) is 6.53. The van der Waals surface area contributed by atoms with Gasteiger partial charge in [-0.25, -0.2) is 0 Å². The Balaban J connectivity index is 2.29. The van der Waals surface area contributed by atoms with Crippen LogP contribution in [0.5, 0.6) is 11.5 Å². The average molecular weight is 298 g/mol. The second-order valence-electron chi connectivity index (χ2n) is 4.32. The van der Waals surface area contributed by atoms with Gasteiger partial charge in [-0.1, -0.05) is 24.3 Å². The zero-order valence-corrected chi connectivity index (χ0v) is 12.1. The fourth-order valence-electron chi connectivity index (χ4n) is 1.67. The third-order valence-corrected chi connectivity index (χ3v) is 2.50. The molecule has 0 N–H and O–H groups in total. The summed E-state index contributed by atoms with van der Waals surface area (Å²) < 4.78 is 10.1. The van der Waals surface area contributed by atoms with Crippen molar-refractivity contribution < 1.29 is 19.1 Å². The molecule has 0 saturated heterocycles. The van der Waals surface area contributed by atoms with Crippen LogP contribution in [0.1, 0.15) is 13.8 Å². The molecule has 0 bridgehead atoms. The highest BCUT2D eigenvalue weighted by molar-refractivity contribution is 5.72. The lowest BCUT2D eigenvalue weighted by Gasteiger charge is -2.05. The van der Waals surface area contributed by atoms with Crippen LogP contribution in [-0.2, 0) is 9.59 Å². The van der Waals surface area contributed by atoms with E-state index in [0.29, 0.717) is 22.9 Å². The molecule has 6 nitrogen and oxygen atoms in total. The molecule has 0 aliphatic heterocycles. The first kappa shape index (κ1) is 15.4. The summed E-state index contributed by atoms with van der Waals surface area (Å²) >= 11 is 0. The summed E-state index contributed by atoms with van der Waals surface area (Å²) in [6.45, 7) is 2.62. The lowest BCUT2D eigenvalue weighted by molar-refractivity contribution is -0.132. The molecule has 0 radical (unpaired) electrons. The molecule has 2 rings (SSSR count). The van der Waals surface area contributed by atoms with Gasteiger partial charge in [0.05, 0.1) is 0 Å². The molecule has 2 aromatic rings. The van der Waals surface area contributed by atoms with Crippen LogP contribution in [0, 0.1) is 0 Å². The van der Waals surface area contributed by atoms with Crippen molar-refractivity contribution in [2.45, 2.75) is 13.8 Å². The topological polar surface area (TPSA) is 77.3 Å². The van der Waals surface area contributed by atoms with Gasteiger partial charge in [0.15, 0.2) is 11.5 Å². The molecule has 0 amide bonds. The quantitative estimate of drug-likeness (QED) is 0.486. The summed E-state index contributed by atoms with van der Waals surface area (Å²) in [5.41, 5.74) is 0.797. The number of benzene rings is 2. The van der Waals surface area contributed by atoms with Gasteiger partial charge in [0.1, 0.15) is 11.4 Å². The number of carbonyl (C=O) groups is 2. The second kappa shape index (κ2) is 7.12. The Bertz CT molecular complexity index is 664. The molecule has 0 aromatic heterocycles. The van der Waals surface area contributed by atoms with Gasteiger partial charge in [-0.3, -0.25) is 9.59 Å². The van der Waals surface area contributed by atoms with Crippen LogP contribution in [0.4, 0.5) is 11.4 Å². The van der Waals surface area contributed by atoms with Crippen LogP contribution in [-0.4, -0.2) is 11.9 Å². The monoisotopic (exact) mass is 298 g/mol. The molecule has 22 heavy (non-hydrogen) atoms. The van der Waals surface area contributed by atoms with E-state index in [0.717, 1.165) is 0 Å². The summed E-state index contributed by atoms with van der Waals surface area (Å²) in [4.78, 5) is 22.1. The minimum atomic E-state index is -0.442. The SMILES string of the molecule is CC(=O)Oc1ccccc1N=Nc1ccccc1OC(C)=O. The van der Waals surface area contributed by atoms with Crippen LogP contribution in [0.3, 0.4) is 0 Å². The van der Waals surface area contributed by atoms with Crippen LogP contribution in [0.2, 0.25) is 0 Å². The van der Waals surface area contributed by atoms with E-state index in [2.05, 4.69) is 10.2 Å². The number of esters is 2. The van der Waals surface area contributed by atoms with E-state index in [9.17, 15) is 9.59 Å². The number of carbonyl (C=O) groups excluding carboxylic acids is 2. The molecule has 0 unspecified atom stereocenters. The smallest absolute Gasteiger partial charge is 0.308 e. The molecule has 0 aliphatic carbocycles. The predicted octanol–water partition coefficient (Wildman–Crippen LogP) is 3.95. The Morgan fingerprint density at radius 1 is 0.727 bits per heavy atom. The molecule has 6 heteroatoms. The first-order chi connectivity index (χ1) is 10.6. The Morgan fingerprint density at radius 3 is 1.45 bits per heavy atom. The minimum Gasteiger partial charge on any atom is -0.424 e. The van der Waals surface area contributed by atoms with Crippen molar-refractivity contribution in [3.05, 3.63) is 48.5 Å². The van der Waals surface area contributed by atoms with E-state index < -0.39 is 11.9 Å². The molecular weight excluding hydrogens is 284 g/mol. The molecule has 0 spiro atoms. The number of nitrogens with zero attached hydrogens (tertiary/aromatic N) is 2. The normalized spacial score (nSPS) is 10.5. The Labute approximate surface area is 127 Å². The summed E-state index contributed by atoms with van der Waals surface area (Å²) in [6, 6.07) is 13.5. The molecule has 0 heterocycles.